The number of ether oxygens (including phenoxy) is 2. The fourth-order valence-corrected chi connectivity index (χ4v) is 3.90. The third kappa shape index (κ3) is 5.93. The predicted octanol–water partition coefficient (Wildman–Crippen LogP) is 7.29. The fourth-order valence-electron chi connectivity index (χ4n) is 3.90. The molecular formula is C30H20F3NO5. The van der Waals surface area contributed by atoms with Gasteiger partial charge >= 0.3 is 6.18 Å². The molecule has 0 fully saturated rings. The first-order valence-electron chi connectivity index (χ1n) is 11.8. The van der Waals surface area contributed by atoms with Crippen molar-refractivity contribution < 1.29 is 31.9 Å². The lowest BCUT2D eigenvalue weighted by atomic mass is 10.1. The molecule has 0 aliphatic heterocycles. The summed E-state index contributed by atoms with van der Waals surface area (Å²) < 4.78 is 56.1. The van der Waals surface area contributed by atoms with Gasteiger partial charge in [-0.05, 0) is 47.5 Å². The van der Waals surface area contributed by atoms with E-state index in [0.29, 0.717) is 5.75 Å². The molecular weight excluding hydrogens is 511 g/mol. The Morgan fingerprint density at radius 1 is 0.821 bits per heavy atom. The van der Waals surface area contributed by atoms with Gasteiger partial charge in [0.2, 0.25) is 11.2 Å². The number of nitrogens with one attached hydrogen (secondary N) is 1. The Bertz CT molecular complexity index is 1680. The maximum Gasteiger partial charge on any atom is 0.418 e. The summed E-state index contributed by atoms with van der Waals surface area (Å²) in [5.41, 5.74) is 0.500. The molecule has 0 bridgehead atoms. The minimum Gasteiger partial charge on any atom is -0.484 e. The molecule has 0 atom stereocenters. The molecule has 5 rings (SSSR count). The van der Waals surface area contributed by atoms with Gasteiger partial charge < -0.3 is 19.2 Å². The zero-order valence-corrected chi connectivity index (χ0v) is 20.2. The van der Waals surface area contributed by atoms with Crippen LogP contribution in [0.15, 0.2) is 113 Å². The molecule has 9 heteroatoms. The van der Waals surface area contributed by atoms with E-state index >= 15 is 0 Å². The van der Waals surface area contributed by atoms with E-state index in [1.807, 2.05) is 42.5 Å². The summed E-state index contributed by atoms with van der Waals surface area (Å²) in [4.78, 5) is 25.1. The van der Waals surface area contributed by atoms with Crippen molar-refractivity contribution in [3.8, 4) is 28.4 Å². The largest absolute Gasteiger partial charge is 0.484 e. The second-order valence-electron chi connectivity index (χ2n) is 8.46. The molecule has 1 heterocycles. The van der Waals surface area contributed by atoms with E-state index in [1.54, 1.807) is 12.1 Å². The van der Waals surface area contributed by atoms with Gasteiger partial charge in [0.15, 0.2) is 6.61 Å². The van der Waals surface area contributed by atoms with Gasteiger partial charge in [0.05, 0.1) is 16.6 Å². The molecule has 39 heavy (non-hydrogen) atoms. The summed E-state index contributed by atoms with van der Waals surface area (Å²) in [6.45, 7) is -0.553. The Morgan fingerprint density at radius 2 is 1.49 bits per heavy atom. The lowest BCUT2D eigenvalue weighted by Crippen LogP contribution is -2.22. The van der Waals surface area contributed by atoms with Crippen LogP contribution >= 0.6 is 0 Å². The van der Waals surface area contributed by atoms with Gasteiger partial charge in [-0.1, -0.05) is 54.6 Å². The number of carbonyl (C=O) groups is 1. The third-order valence-corrected chi connectivity index (χ3v) is 5.78. The number of rotatable bonds is 7. The monoisotopic (exact) mass is 531 g/mol. The van der Waals surface area contributed by atoms with Gasteiger partial charge in [0.1, 0.15) is 23.3 Å². The summed E-state index contributed by atoms with van der Waals surface area (Å²) in [5, 5.41) is 2.43. The van der Waals surface area contributed by atoms with Crippen LogP contribution in [0, 0.1) is 0 Å². The van der Waals surface area contributed by atoms with Crippen LogP contribution in [-0.2, 0) is 11.0 Å². The highest BCUT2D eigenvalue weighted by atomic mass is 19.4. The van der Waals surface area contributed by atoms with Crippen LogP contribution in [0.2, 0.25) is 0 Å². The molecule has 0 spiro atoms. The van der Waals surface area contributed by atoms with Crippen molar-refractivity contribution in [1.29, 1.82) is 0 Å². The lowest BCUT2D eigenvalue weighted by molar-refractivity contribution is -0.137. The van der Waals surface area contributed by atoms with Crippen molar-refractivity contribution in [3.63, 3.8) is 0 Å². The molecule has 0 radical (unpaired) electrons. The van der Waals surface area contributed by atoms with Crippen LogP contribution in [0.4, 0.5) is 18.9 Å². The molecule has 5 aromatic rings. The molecule has 196 valence electrons. The number of para-hydroxylation sites is 1. The first-order chi connectivity index (χ1) is 18.8. The summed E-state index contributed by atoms with van der Waals surface area (Å²) in [6.07, 6.45) is -3.44. The van der Waals surface area contributed by atoms with Crippen LogP contribution in [0.5, 0.6) is 17.2 Å². The number of carbonyl (C=O) groups excluding carboxylic acids is 1. The molecule has 4 aromatic carbocycles. The highest BCUT2D eigenvalue weighted by molar-refractivity contribution is 5.92. The molecule has 0 unspecified atom stereocenters. The number of hydrogen-bond acceptors (Lipinski definition) is 5. The molecule has 1 N–H and O–H groups in total. The van der Waals surface area contributed by atoms with Crippen LogP contribution in [0.3, 0.4) is 0 Å². The first kappa shape index (κ1) is 25.6. The van der Waals surface area contributed by atoms with Crippen molar-refractivity contribution in [1.82, 2.24) is 0 Å². The van der Waals surface area contributed by atoms with E-state index in [9.17, 15) is 22.8 Å². The van der Waals surface area contributed by atoms with Gasteiger partial charge in [0, 0.05) is 6.07 Å². The standard InChI is InChI=1S/C30H20F3NO5/c31-30(32,33)24-8-4-5-9-25(24)34-28(35)18-37-22-14-15-23-26(16-22)38-17-27(29(23)36)39-21-12-10-20(11-13-21)19-6-2-1-3-7-19/h1-17H,18H2,(H,34,35). The second kappa shape index (κ2) is 10.7. The Hall–Kier alpha value is -5.05. The molecule has 1 aromatic heterocycles. The Labute approximate surface area is 220 Å². The summed E-state index contributed by atoms with van der Waals surface area (Å²) in [7, 11) is 0. The molecule has 1 amide bonds. The minimum atomic E-state index is -4.62. The second-order valence-corrected chi connectivity index (χ2v) is 8.46. The van der Waals surface area contributed by atoms with Gasteiger partial charge in [-0.25, -0.2) is 0 Å². The molecule has 0 aliphatic rings. The quantitative estimate of drug-likeness (QED) is 0.239. The maximum atomic E-state index is 13.1. The number of amides is 1. The summed E-state index contributed by atoms with van der Waals surface area (Å²) in [5.74, 6) is -0.143. The highest BCUT2D eigenvalue weighted by Gasteiger charge is 2.33. The zero-order valence-electron chi connectivity index (χ0n) is 20.2. The van der Waals surface area contributed by atoms with Crippen LogP contribution in [0.1, 0.15) is 5.56 Å². The first-order valence-corrected chi connectivity index (χ1v) is 11.8. The van der Waals surface area contributed by atoms with E-state index in [0.717, 1.165) is 23.3 Å². The Kier molecular flexibility index (Phi) is 7.05. The Balaban J connectivity index is 1.25. The molecule has 0 aliphatic carbocycles. The number of benzene rings is 4. The van der Waals surface area contributed by atoms with E-state index in [2.05, 4.69) is 5.32 Å². The number of anilines is 1. The normalized spacial score (nSPS) is 11.3. The maximum absolute atomic E-state index is 13.1. The fraction of sp³-hybridized carbons (Fsp3) is 0.0667. The van der Waals surface area contributed by atoms with Gasteiger partial charge in [-0.3, -0.25) is 9.59 Å². The van der Waals surface area contributed by atoms with Crippen molar-refractivity contribution in [2.24, 2.45) is 0 Å². The van der Waals surface area contributed by atoms with E-state index in [1.165, 1.54) is 36.6 Å². The topological polar surface area (TPSA) is 77.8 Å². The molecule has 0 saturated heterocycles. The number of alkyl halides is 3. The number of halogens is 3. The zero-order chi connectivity index (χ0) is 27.4. The number of fused-ring (bicyclic) bond motifs is 1. The van der Waals surface area contributed by atoms with Crippen molar-refractivity contribution >= 4 is 22.6 Å². The van der Waals surface area contributed by atoms with E-state index in [-0.39, 0.29) is 28.2 Å². The predicted molar refractivity (Wildman–Crippen MR) is 140 cm³/mol. The van der Waals surface area contributed by atoms with Crippen LogP contribution in [-0.4, -0.2) is 12.5 Å². The lowest BCUT2D eigenvalue weighted by Gasteiger charge is -2.14. The Morgan fingerprint density at radius 3 is 2.23 bits per heavy atom. The molecule has 6 nitrogen and oxygen atoms in total. The highest BCUT2D eigenvalue weighted by Crippen LogP contribution is 2.34. The third-order valence-electron chi connectivity index (χ3n) is 5.78. The number of hydrogen-bond donors (Lipinski definition) is 1. The van der Waals surface area contributed by atoms with Gasteiger partial charge in [-0.15, -0.1) is 0 Å². The van der Waals surface area contributed by atoms with Crippen molar-refractivity contribution in [2.75, 3.05) is 11.9 Å². The average Bonchev–Trinajstić information content (AvgIpc) is 2.94. The average molecular weight is 531 g/mol. The van der Waals surface area contributed by atoms with Crippen LogP contribution in [0.25, 0.3) is 22.1 Å². The van der Waals surface area contributed by atoms with Gasteiger partial charge in [0.25, 0.3) is 5.91 Å². The summed E-state index contributed by atoms with van der Waals surface area (Å²) in [6, 6.07) is 26.1. The molecule has 0 saturated carbocycles. The van der Waals surface area contributed by atoms with Crippen molar-refractivity contribution in [2.45, 2.75) is 6.18 Å². The van der Waals surface area contributed by atoms with E-state index < -0.39 is 29.7 Å². The minimum absolute atomic E-state index is 0.00802. The summed E-state index contributed by atoms with van der Waals surface area (Å²) >= 11 is 0. The van der Waals surface area contributed by atoms with Crippen LogP contribution < -0.4 is 20.2 Å². The SMILES string of the molecule is O=C(COc1ccc2c(=O)c(Oc3ccc(-c4ccccc4)cc3)coc2c1)Nc1ccccc1C(F)(F)F. The van der Waals surface area contributed by atoms with Crippen molar-refractivity contribution in [3.05, 3.63) is 119 Å². The smallest absolute Gasteiger partial charge is 0.418 e. The van der Waals surface area contributed by atoms with E-state index in [4.69, 9.17) is 13.9 Å². The van der Waals surface area contributed by atoms with Gasteiger partial charge in [-0.2, -0.15) is 13.2 Å².